The largest absolute Gasteiger partial charge is 0.493 e. The van der Waals surface area contributed by atoms with E-state index in [1.165, 1.54) is 0 Å². The number of nitrogens with one attached hydrogen (secondary N) is 1. The highest BCUT2D eigenvalue weighted by molar-refractivity contribution is 6.32. The molecule has 1 atom stereocenters. The SMILES string of the molecule is COc1cc(C(=O)N2CCNC[C@@H]2C)cc(Cl)c1OCC(C)C.Cl. The Bertz CT molecular complexity index is 567. The van der Waals surface area contributed by atoms with Crippen molar-refractivity contribution in [3.05, 3.63) is 22.7 Å². The van der Waals surface area contributed by atoms with Crippen molar-refractivity contribution in [1.82, 2.24) is 10.2 Å². The quantitative estimate of drug-likeness (QED) is 0.856. The summed E-state index contributed by atoms with van der Waals surface area (Å²) in [5.74, 6) is 1.32. The summed E-state index contributed by atoms with van der Waals surface area (Å²) >= 11 is 6.33. The molecule has 1 amide bonds. The van der Waals surface area contributed by atoms with E-state index in [0.29, 0.717) is 41.2 Å². The van der Waals surface area contributed by atoms with Gasteiger partial charge in [0.05, 0.1) is 18.7 Å². The third-order valence-corrected chi connectivity index (χ3v) is 4.08. The molecule has 1 aliphatic rings. The van der Waals surface area contributed by atoms with Crippen molar-refractivity contribution in [2.24, 2.45) is 5.92 Å². The molecule has 0 aromatic heterocycles. The highest BCUT2D eigenvalue weighted by Gasteiger charge is 2.26. The third-order valence-electron chi connectivity index (χ3n) is 3.80. The molecule has 1 fully saturated rings. The number of hydrogen-bond donors (Lipinski definition) is 1. The topological polar surface area (TPSA) is 50.8 Å². The Morgan fingerprint density at radius 3 is 2.75 bits per heavy atom. The van der Waals surface area contributed by atoms with E-state index in [2.05, 4.69) is 19.2 Å². The molecule has 24 heavy (non-hydrogen) atoms. The Balaban J connectivity index is 0.00000288. The van der Waals surface area contributed by atoms with Crippen LogP contribution in [0.2, 0.25) is 5.02 Å². The van der Waals surface area contributed by atoms with Gasteiger partial charge in [0.15, 0.2) is 11.5 Å². The minimum absolute atomic E-state index is 0. The summed E-state index contributed by atoms with van der Waals surface area (Å²) < 4.78 is 11.1. The second-order valence-corrected chi connectivity index (χ2v) is 6.65. The fourth-order valence-electron chi connectivity index (χ4n) is 2.54. The Morgan fingerprint density at radius 1 is 1.46 bits per heavy atom. The van der Waals surface area contributed by atoms with Crippen LogP contribution in [0.25, 0.3) is 0 Å². The van der Waals surface area contributed by atoms with Crippen LogP contribution < -0.4 is 14.8 Å². The summed E-state index contributed by atoms with van der Waals surface area (Å²) in [6.07, 6.45) is 0. The number of ether oxygens (including phenoxy) is 2. The van der Waals surface area contributed by atoms with Crippen LogP contribution in [0, 0.1) is 5.92 Å². The highest BCUT2D eigenvalue weighted by atomic mass is 35.5. The van der Waals surface area contributed by atoms with Crippen LogP contribution in [0.1, 0.15) is 31.1 Å². The highest BCUT2D eigenvalue weighted by Crippen LogP contribution is 2.37. The van der Waals surface area contributed by atoms with E-state index < -0.39 is 0 Å². The first kappa shape index (κ1) is 20.9. The summed E-state index contributed by atoms with van der Waals surface area (Å²) in [6.45, 7) is 8.98. The lowest BCUT2D eigenvalue weighted by atomic mass is 10.1. The van der Waals surface area contributed by atoms with Gasteiger partial charge in [0, 0.05) is 31.2 Å². The Labute approximate surface area is 155 Å². The van der Waals surface area contributed by atoms with Crippen molar-refractivity contribution < 1.29 is 14.3 Å². The van der Waals surface area contributed by atoms with E-state index in [0.717, 1.165) is 13.1 Å². The van der Waals surface area contributed by atoms with Crippen molar-refractivity contribution in [2.45, 2.75) is 26.8 Å². The number of halogens is 2. The molecule has 0 saturated carbocycles. The standard InChI is InChI=1S/C17H25ClN2O3.ClH/c1-11(2)10-23-16-14(18)7-13(8-15(16)22-4)17(21)20-6-5-19-9-12(20)3;/h7-8,11-12,19H,5-6,9-10H2,1-4H3;1H/t12-;/m0./s1. The van der Waals surface area contributed by atoms with Gasteiger partial charge in [-0.15, -0.1) is 12.4 Å². The molecular weight excluding hydrogens is 351 g/mol. The molecule has 0 bridgehead atoms. The monoisotopic (exact) mass is 376 g/mol. The van der Waals surface area contributed by atoms with Crippen LogP contribution >= 0.6 is 24.0 Å². The predicted octanol–water partition coefficient (Wildman–Crippen LogP) is 3.24. The van der Waals surface area contributed by atoms with Gasteiger partial charge in [-0.05, 0) is 25.0 Å². The van der Waals surface area contributed by atoms with E-state index in [1.54, 1.807) is 19.2 Å². The number of carbonyl (C=O) groups excluding carboxylic acids is 1. The van der Waals surface area contributed by atoms with Gasteiger partial charge in [-0.1, -0.05) is 25.4 Å². The lowest BCUT2D eigenvalue weighted by Gasteiger charge is -2.34. The molecule has 0 unspecified atom stereocenters. The van der Waals surface area contributed by atoms with Crippen molar-refractivity contribution in [3.8, 4) is 11.5 Å². The summed E-state index contributed by atoms with van der Waals surface area (Å²) in [5, 5.41) is 3.68. The van der Waals surface area contributed by atoms with Gasteiger partial charge in [-0.2, -0.15) is 0 Å². The Hall–Kier alpha value is -1.17. The molecule has 136 valence electrons. The van der Waals surface area contributed by atoms with Crippen molar-refractivity contribution >= 4 is 29.9 Å². The minimum Gasteiger partial charge on any atom is -0.493 e. The molecule has 1 aliphatic heterocycles. The number of methoxy groups -OCH3 is 1. The molecule has 0 aliphatic carbocycles. The first-order valence-corrected chi connectivity index (χ1v) is 8.33. The predicted molar refractivity (Wildman–Crippen MR) is 99.0 cm³/mol. The normalized spacial score (nSPS) is 17.4. The smallest absolute Gasteiger partial charge is 0.254 e. The number of rotatable bonds is 5. The first-order chi connectivity index (χ1) is 10.9. The number of carbonyl (C=O) groups is 1. The summed E-state index contributed by atoms with van der Waals surface area (Å²) in [7, 11) is 1.55. The van der Waals surface area contributed by atoms with E-state index in [4.69, 9.17) is 21.1 Å². The molecule has 1 heterocycles. The Kier molecular flexibility index (Phi) is 8.13. The molecular formula is C17H26Cl2N2O3. The lowest BCUT2D eigenvalue weighted by Crippen LogP contribution is -2.52. The van der Waals surface area contributed by atoms with Crippen LogP contribution in [0.5, 0.6) is 11.5 Å². The molecule has 0 spiro atoms. The lowest BCUT2D eigenvalue weighted by molar-refractivity contribution is 0.0655. The fraction of sp³-hybridized carbons (Fsp3) is 0.588. The van der Waals surface area contributed by atoms with Crippen LogP contribution in [-0.2, 0) is 0 Å². The van der Waals surface area contributed by atoms with Gasteiger partial charge in [0.1, 0.15) is 0 Å². The van der Waals surface area contributed by atoms with Crippen LogP contribution in [0.4, 0.5) is 0 Å². The maximum atomic E-state index is 12.8. The number of amides is 1. The third kappa shape index (κ3) is 4.91. The van der Waals surface area contributed by atoms with Gasteiger partial charge in [-0.3, -0.25) is 4.79 Å². The summed E-state index contributed by atoms with van der Waals surface area (Å²) in [4.78, 5) is 14.6. The van der Waals surface area contributed by atoms with Gasteiger partial charge >= 0.3 is 0 Å². The second-order valence-electron chi connectivity index (χ2n) is 6.25. The van der Waals surface area contributed by atoms with E-state index >= 15 is 0 Å². The van der Waals surface area contributed by atoms with Gasteiger partial charge in [0.2, 0.25) is 0 Å². The zero-order valence-electron chi connectivity index (χ0n) is 14.6. The molecule has 1 N–H and O–H groups in total. The van der Waals surface area contributed by atoms with E-state index in [-0.39, 0.29) is 24.4 Å². The molecule has 5 nitrogen and oxygen atoms in total. The number of piperazine rings is 1. The molecule has 1 saturated heterocycles. The second kappa shape index (κ2) is 9.35. The number of nitrogens with zero attached hydrogens (tertiary/aromatic N) is 1. The minimum atomic E-state index is -0.0328. The van der Waals surface area contributed by atoms with Gasteiger partial charge in [0.25, 0.3) is 5.91 Å². The zero-order valence-corrected chi connectivity index (χ0v) is 16.2. The molecule has 7 heteroatoms. The molecule has 0 radical (unpaired) electrons. The number of hydrogen-bond acceptors (Lipinski definition) is 4. The average molecular weight is 377 g/mol. The van der Waals surface area contributed by atoms with Crippen molar-refractivity contribution in [1.29, 1.82) is 0 Å². The maximum Gasteiger partial charge on any atom is 0.254 e. The van der Waals surface area contributed by atoms with Gasteiger partial charge in [-0.25, -0.2) is 0 Å². The first-order valence-electron chi connectivity index (χ1n) is 7.96. The van der Waals surface area contributed by atoms with E-state index in [1.807, 2.05) is 11.8 Å². The van der Waals surface area contributed by atoms with Crippen molar-refractivity contribution in [3.63, 3.8) is 0 Å². The van der Waals surface area contributed by atoms with Crippen LogP contribution in [-0.4, -0.2) is 50.2 Å². The molecule has 2 rings (SSSR count). The molecule has 1 aromatic carbocycles. The number of benzene rings is 1. The van der Waals surface area contributed by atoms with Crippen LogP contribution in [0.15, 0.2) is 12.1 Å². The van der Waals surface area contributed by atoms with Gasteiger partial charge < -0.3 is 19.7 Å². The zero-order chi connectivity index (χ0) is 17.0. The van der Waals surface area contributed by atoms with Crippen molar-refractivity contribution in [2.75, 3.05) is 33.4 Å². The van der Waals surface area contributed by atoms with Crippen LogP contribution in [0.3, 0.4) is 0 Å². The van der Waals surface area contributed by atoms with E-state index in [9.17, 15) is 4.79 Å². The average Bonchev–Trinajstić information content (AvgIpc) is 2.52. The summed E-state index contributed by atoms with van der Waals surface area (Å²) in [6, 6.07) is 3.52. The Morgan fingerprint density at radius 2 is 2.17 bits per heavy atom. The fourth-order valence-corrected chi connectivity index (χ4v) is 2.81. The summed E-state index contributed by atoms with van der Waals surface area (Å²) in [5.41, 5.74) is 0.525. The molecule has 1 aromatic rings. The maximum absolute atomic E-state index is 12.8.